The number of thioether (sulfide) groups is 1. The lowest BCUT2D eigenvalue weighted by Crippen LogP contribution is -2.30. The zero-order chi connectivity index (χ0) is 14.3. The van der Waals surface area contributed by atoms with Crippen LogP contribution >= 0.6 is 23.4 Å². The van der Waals surface area contributed by atoms with Crippen molar-refractivity contribution in [3.8, 4) is 0 Å². The Kier molecular flexibility index (Phi) is 6.69. The first-order chi connectivity index (χ1) is 8.99. The number of benzene rings is 1. The Labute approximate surface area is 120 Å². The number of rotatable bonds is 7. The first kappa shape index (κ1) is 15.8. The van der Waals surface area contributed by atoms with Gasteiger partial charge in [0.2, 0.25) is 5.91 Å². The molecule has 0 saturated heterocycles. The van der Waals surface area contributed by atoms with Gasteiger partial charge in [-0.25, -0.2) is 0 Å². The number of carbonyl (C=O) groups is 2. The number of nitrogens with one attached hydrogen (secondary N) is 1. The molecule has 0 saturated carbocycles. The maximum Gasteiger partial charge on any atom is 0.320 e. The van der Waals surface area contributed by atoms with Crippen LogP contribution in [-0.2, 0) is 9.59 Å². The molecule has 0 aromatic heterocycles. The van der Waals surface area contributed by atoms with Crippen molar-refractivity contribution in [2.24, 2.45) is 5.73 Å². The van der Waals surface area contributed by atoms with Crippen LogP contribution in [0.1, 0.15) is 6.42 Å². The van der Waals surface area contributed by atoms with Crippen LogP contribution in [0.15, 0.2) is 24.3 Å². The Morgan fingerprint density at radius 1 is 1.47 bits per heavy atom. The Morgan fingerprint density at radius 3 is 2.84 bits per heavy atom. The number of hydrogen-bond acceptors (Lipinski definition) is 4. The van der Waals surface area contributed by atoms with E-state index in [1.54, 1.807) is 24.3 Å². The molecule has 19 heavy (non-hydrogen) atoms. The first-order valence-electron chi connectivity index (χ1n) is 5.60. The summed E-state index contributed by atoms with van der Waals surface area (Å²) in [6.45, 7) is 0. The minimum absolute atomic E-state index is 0.156. The number of amides is 1. The summed E-state index contributed by atoms with van der Waals surface area (Å²) in [6, 6.07) is 6.00. The van der Waals surface area contributed by atoms with Crippen LogP contribution in [0.4, 0.5) is 5.69 Å². The largest absolute Gasteiger partial charge is 0.480 e. The zero-order valence-electron chi connectivity index (χ0n) is 10.1. The number of aliphatic carboxylic acids is 1. The van der Waals surface area contributed by atoms with Crippen molar-refractivity contribution in [2.45, 2.75) is 12.5 Å². The molecule has 4 N–H and O–H groups in total. The predicted octanol–water partition coefficient (Wildman–Crippen LogP) is 1.81. The van der Waals surface area contributed by atoms with E-state index in [0.29, 0.717) is 22.9 Å². The van der Waals surface area contributed by atoms with Gasteiger partial charge in [0.15, 0.2) is 0 Å². The molecule has 1 unspecified atom stereocenters. The molecule has 1 amide bonds. The smallest absolute Gasteiger partial charge is 0.320 e. The summed E-state index contributed by atoms with van der Waals surface area (Å²) < 4.78 is 0. The van der Waals surface area contributed by atoms with Gasteiger partial charge in [0.05, 0.1) is 5.75 Å². The molecule has 0 spiro atoms. The minimum atomic E-state index is -1.02. The first-order valence-corrected chi connectivity index (χ1v) is 7.14. The molecule has 0 bridgehead atoms. The molecule has 104 valence electrons. The molecular weight excluding hydrogens is 288 g/mol. The number of nitrogens with two attached hydrogens (primary N) is 1. The molecule has 1 atom stereocenters. The van der Waals surface area contributed by atoms with E-state index < -0.39 is 12.0 Å². The summed E-state index contributed by atoms with van der Waals surface area (Å²) in [5.74, 6) is -0.407. The fourth-order valence-corrected chi connectivity index (χ4v) is 2.27. The molecule has 1 aromatic rings. The molecule has 0 radical (unpaired) electrons. The van der Waals surface area contributed by atoms with E-state index in [4.69, 9.17) is 22.4 Å². The Bertz CT molecular complexity index is 456. The highest BCUT2D eigenvalue weighted by Crippen LogP contribution is 2.15. The van der Waals surface area contributed by atoms with Gasteiger partial charge in [-0.15, -0.1) is 0 Å². The average Bonchev–Trinajstić information content (AvgIpc) is 2.34. The topological polar surface area (TPSA) is 92.4 Å². The third kappa shape index (κ3) is 6.47. The molecule has 1 aromatic carbocycles. The fraction of sp³-hybridized carbons (Fsp3) is 0.333. The summed E-state index contributed by atoms with van der Waals surface area (Å²) in [5, 5.41) is 11.8. The lowest BCUT2D eigenvalue weighted by Gasteiger charge is -2.07. The molecule has 0 aliphatic rings. The Morgan fingerprint density at radius 2 is 2.21 bits per heavy atom. The second kappa shape index (κ2) is 8.04. The number of hydrogen-bond donors (Lipinski definition) is 3. The van der Waals surface area contributed by atoms with Gasteiger partial charge in [-0.3, -0.25) is 9.59 Å². The lowest BCUT2D eigenvalue weighted by molar-refractivity contribution is -0.138. The van der Waals surface area contributed by atoms with Crippen LogP contribution in [-0.4, -0.2) is 34.5 Å². The van der Waals surface area contributed by atoms with Gasteiger partial charge in [-0.1, -0.05) is 17.7 Å². The Balaban J connectivity index is 2.23. The van der Waals surface area contributed by atoms with E-state index in [0.717, 1.165) is 0 Å². The molecule has 0 aliphatic heterocycles. The quantitative estimate of drug-likeness (QED) is 0.668. The number of carbonyl (C=O) groups excluding carboxylic acids is 1. The van der Waals surface area contributed by atoms with Gasteiger partial charge in [0, 0.05) is 10.7 Å². The third-order valence-corrected chi connectivity index (χ3v) is 3.46. The molecule has 7 heteroatoms. The van der Waals surface area contributed by atoms with E-state index in [2.05, 4.69) is 5.32 Å². The van der Waals surface area contributed by atoms with Gasteiger partial charge in [0.25, 0.3) is 0 Å². The van der Waals surface area contributed by atoms with Crippen LogP contribution in [0.5, 0.6) is 0 Å². The number of anilines is 1. The fourth-order valence-electron chi connectivity index (χ4n) is 1.26. The highest BCUT2D eigenvalue weighted by molar-refractivity contribution is 7.99. The van der Waals surface area contributed by atoms with E-state index in [-0.39, 0.29) is 11.7 Å². The van der Waals surface area contributed by atoms with Crippen LogP contribution in [0.25, 0.3) is 0 Å². The monoisotopic (exact) mass is 302 g/mol. The Hall–Kier alpha value is -1.24. The maximum absolute atomic E-state index is 11.6. The normalized spacial score (nSPS) is 11.9. The van der Waals surface area contributed by atoms with Gasteiger partial charge in [-0.05, 0) is 30.4 Å². The summed E-state index contributed by atoms with van der Waals surface area (Å²) in [4.78, 5) is 22.1. The van der Waals surface area contributed by atoms with Crippen molar-refractivity contribution < 1.29 is 14.7 Å². The van der Waals surface area contributed by atoms with Gasteiger partial charge < -0.3 is 16.2 Å². The molecule has 0 fully saturated rings. The summed E-state index contributed by atoms with van der Waals surface area (Å²) in [7, 11) is 0. The van der Waals surface area contributed by atoms with Gasteiger partial charge in [-0.2, -0.15) is 11.8 Å². The lowest BCUT2D eigenvalue weighted by atomic mass is 10.2. The summed E-state index contributed by atoms with van der Waals surface area (Å²) in [6.07, 6.45) is 0.338. The number of carboxylic acids is 1. The van der Waals surface area contributed by atoms with Crippen molar-refractivity contribution in [3.05, 3.63) is 29.3 Å². The highest BCUT2D eigenvalue weighted by Gasteiger charge is 2.11. The minimum Gasteiger partial charge on any atom is -0.480 e. The van der Waals surface area contributed by atoms with E-state index in [1.807, 2.05) is 0 Å². The maximum atomic E-state index is 11.6. The van der Waals surface area contributed by atoms with E-state index in [1.165, 1.54) is 11.8 Å². The van der Waals surface area contributed by atoms with E-state index in [9.17, 15) is 9.59 Å². The average molecular weight is 303 g/mol. The summed E-state index contributed by atoms with van der Waals surface area (Å²) in [5.41, 5.74) is 5.98. The molecule has 0 aliphatic carbocycles. The second-order valence-electron chi connectivity index (χ2n) is 3.84. The van der Waals surface area contributed by atoms with Crippen LogP contribution in [0.3, 0.4) is 0 Å². The molecule has 0 heterocycles. The van der Waals surface area contributed by atoms with Crippen LogP contribution < -0.4 is 11.1 Å². The van der Waals surface area contributed by atoms with Gasteiger partial charge in [0.1, 0.15) is 6.04 Å². The highest BCUT2D eigenvalue weighted by atomic mass is 35.5. The second-order valence-corrected chi connectivity index (χ2v) is 5.39. The standard InChI is InChI=1S/C12H15ClN2O3S/c13-8-2-1-3-9(6-8)15-11(16)7-19-5-4-10(14)12(17)18/h1-3,6,10H,4-5,7,14H2,(H,15,16)(H,17,18). The van der Waals surface area contributed by atoms with Crippen LogP contribution in [0.2, 0.25) is 5.02 Å². The van der Waals surface area contributed by atoms with Crippen molar-refractivity contribution in [1.82, 2.24) is 0 Å². The number of carboxylic acid groups (broad SMARTS) is 1. The van der Waals surface area contributed by atoms with E-state index >= 15 is 0 Å². The number of halogens is 1. The molecule has 5 nitrogen and oxygen atoms in total. The van der Waals surface area contributed by atoms with Gasteiger partial charge >= 0.3 is 5.97 Å². The van der Waals surface area contributed by atoms with Crippen molar-refractivity contribution in [1.29, 1.82) is 0 Å². The summed E-state index contributed by atoms with van der Waals surface area (Å²) >= 11 is 7.14. The zero-order valence-corrected chi connectivity index (χ0v) is 11.7. The molecular formula is C12H15ClN2O3S. The van der Waals surface area contributed by atoms with Crippen LogP contribution in [0, 0.1) is 0 Å². The van der Waals surface area contributed by atoms with Crippen molar-refractivity contribution in [2.75, 3.05) is 16.8 Å². The molecule has 1 rings (SSSR count). The van der Waals surface area contributed by atoms with Crippen molar-refractivity contribution in [3.63, 3.8) is 0 Å². The van der Waals surface area contributed by atoms with Crippen molar-refractivity contribution >= 4 is 40.9 Å². The SMILES string of the molecule is NC(CCSCC(=O)Nc1cccc(Cl)c1)C(=O)O. The third-order valence-electron chi connectivity index (χ3n) is 2.23. The predicted molar refractivity (Wildman–Crippen MR) is 77.6 cm³/mol.